The maximum Gasteiger partial charge on any atom is 0.115 e. The van der Waals surface area contributed by atoms with Crippen molar-refractivity contribution >= 4 is 5.69 Å². The number of aromatic nitrogens is 3. The van der Waals surface area contributed by atoms with E-state index in [1.54, 1.807) is 18.7 Å². The van der Waals surface area contributed by atoms with E-state index in [4.69, 9.17) is 0 Å². The van der Waals surface area contributed by atoms with E-state index in [9.17, 15) is 0 Å². The molecule has 0 saturated heterocycles. The molecule has 0 aliphatic heterocycles. The third-order valence-electron chi connectivity index (χ3n) is 1.99. The van der Waals surface area contributed by atoms with Crippen LogP contribution in [0, 0.1) is 6.92 Å². The molecule has 2 aromatic rings. The molecule has 0 spiro atoms. The van der Waals surface area contributed by atoms with Crippen molar-refractivity contribution in [2.75, 3.05) is 5.32 Å². The van der Waals surface area contributed by atoms with Gasteiger partial charge < -0.3 is 5.32 Å². The molecule has 4 nitrogen and oxygen atoms in total. The number of hydrogen-bond acceptors (Lipinski definition) is 4. The highest BCUT2D eigenvalue weighted by Crippen LogP contribution is 2.08. The maximum atomic E-state index is 4.12. The Morgan fingerprint density at radius 2 is 2.20 bits per heavy atom. The number of nitrogens with one attached hydrogen (secondary N) is 1. The van der Waals surface area contributed by atoms with Crippen molar-refractivity contribution in [3.05, 3.63) is 48.3 Å². The molecule has 0 aromatic carbocycles. The second-order valence-electron chi connectivity index (χ2n) is 3.31. The first-order valence-corrected chi connectivity index (χ1v) is 4.75. The molecule has 2 heterocycles. The number of hydrogen-bond donors (Lipinski definition) is 1. The van der Waals surface area contributed by atoms with Gasteiger partial charge in [-0.15, -0.1) is 0 Å². The van der Waals surface area contributed by atoms with Gasteiger partial charge in [0.25, 0.3) is 0 Å². The Hall–Kier alpha value is -1.97. The summed E-state index contributed by atoms with van der Waals surface area (Å²) in [7, 11) is 0. The fourth-order valence-corrected chi connectivity index (χ4v) is 1.27. The largest absolute Gasteiger partial charge is 0.378 e. The van der Waals surface area contributed by atoms with Gasteiger partial charge >= 0.3 is 0 Å². The predicted octanol–water partition coefficient (Wildman–Crippen LogP) is 1.79. The molecule has 76 valence electrons. The first-order valence-electron chi connectivity index (χ1n) is 4.75. The van der Waals surface area contributed by atoms with Gasteiger partial charge in [0.15, 0.2) is 0 Å². The maximum absolute atomic E-state index is 4.12. The van der Waals surface area contributed by atoms with E-state index in [0.717, 1.165) is 16.9 Å². The van der Waals surface area contributed by atoms with E-state index in [2.05, 4.69) is 20.3 Å². The summed E-state index contributed by atoms with van der Waals surface area (Å²) in [4.78, 5) is 12.1. The lowest BCUT2D eigenvalue weighted by Crippen LogP contribution is -2.01. The molecule has 0 fully saturated rings. The minimum absolute atomic E-state index is 0.688. The summed E-state index contributed by atoms with van der Waals surface area (Å²) in [6.07, 6.45) is 6.91. The van der Waals surface area contributed by atoms with E-state index < -0.39 is 0 Å². The quantitative estimate of drug-likeness (QED) is 0.820. The van der Waals surface area contributed by atoms with Gasteiger partial charge in [0, 0.05) is 18.6 Å². The Bertz CT molecular complexity index is 428. The summed E-state index contributed by atoms with van der Waals surface area (Å²) < 4.78 is 0. The molecule has 0 aliphatic rings. The van der Waals surface area contributed by atoms with E-state index in [1.807, 2.05) is 25.3 Å². The van der Waals surface area contributed by atoms with Gasteiger partial charge in [-0.05, 0) is 24.6 Å². The lowest BCUT2D eigenvalue weighted by molar-refractivity contribution is 1.00. The first-order chi connectivity index (χ1) is 7.34. The van der Waals surface area contributed by atoms with Gasteiger partial charge in [-0.1, -0.05) is 0 Å². The summed E-state index contributed by atoms with van der Waals surface area (Å²) in [6, 6.07) is 3.93. The van der Waals surface area contributed by atoms with Gasteiger partial charge in [0.1, 0.15) is 6.33 Å². The van der Waals surface area contributed by atoms with Crippen molar-refractivity contribution < 1.29 is 0 Å². The highest BCUT2D eigenvalue weighted by atomic mass is 14.9. The van der Waals surface area contributed by atoms with Crippen LogP contribution in [-0.4, -0.2) is 15.0 Å². The van der Waals surface area contributed by atoms with Crippen LogP contribution in [0.3, 0.4) is 0 Å². The summed E-state index contributed by atoms with van der Waals surface area (Å²) >= 11 is 0. The molecule has 0 aliphatic carbocycles. The molecule has 0 atom stereocenters. The van der Waals surface area contributed by atoms with Crippen LogP contribution in [0.2, 0.25) is 0 Å². The molecule has 2 rings (SSSR count). The Balaban J connectivity index is 1.99. The Kier molecular flexibility index (Phi) is 2.88. The van der Waals surface area contributed by atoms with Crippen molar-refractivity contribution in [3.8, 4) is 0 Å². The molecule has 4 heteroatoms. The zero-order chi connectivity index (χ0) is 10.5. The van der Waals surface area contributed by atoms with E-state index in [0.29, 0.717) is 6.54 Å². The van der Waals surface area contributed by atoms with Crippen LogP contribution in [0.15, 0.2) is 37.1 Å². The number of rotatable bonds is 3. The van der Waals surface area contributed by atoms with Crippen molar-refractivity contribution in [1.82, 2.24) is 15.0 Å². The molecule has 15 heavy (non-hydrogen) atoms. The molecular weight excluding hydrogens is 188 g/mol. The summed E-state index contributed by atoms with van der Waals surface area (Å²) in [5.41, 5.74) is 3.11. The van der Waals surface area contributed by atoms with Crippen LogP contribution in [0.5, 0.6) is 0 Å². The molecule has 1 N–H and O–H groups in total. The minimum Gasteiger partial charge on any atom is -0.378 e. The predicted molar refractivity (Wildman–Crippen MR) is 58.3 cm³/mol. The molecule has 0 radical (unpaired) electrons. The van der Waals surface area contributed by atoms with Crippen molar-refractivity contribution in [2.24, 2.45) is 0 Å². The molecular formula is C11H12N4. The van der Waals surface area contributed by atoms with Crippen molar-refractivity contribution in [1.29, 1.82) is 0 Å². The van der Waals surface area contributed by atoms with Crippen LogP contribution in [0.25, 0.3) is 0 Å². The second kappa shape index (κ2) is 4.50. The number of anilines is 1. The molecule has 0 amide bonds. The fraction of sp³-hybridized carbons (Fsp3) is 0.182. The van der Waals surface area contributed by atoms with Crippen LogP contribution >= 0.6 is 0 Å². The lowest BCUT2D eigenvalue weighted by Gasteiger charge is -2.05. The van der Waals surface area contributed by atoms with E-state index in [-0.39, 0.29) is 0 Å². The second-order valence-corrected chi connectivity index (χ2v) is 3.31. The molecule has 0 unspecified atom stereocenters. The topological polar surface area (TPSA) is 50.7 Å². The van der Waals surface area contributed by atoms with E-state index in [1.165, 1.54) is 0 Å². The molecule has 0 bridgehead atoms. The monoisotopic (exact) mass is 200 g/mol. The molecule has 0 saturated carbocycles. The average Bonchev–Trinajstić information content (AvgIpc) is 2.28. The van der Waals surface area contributed by atoms with Crippen LogP contribution in [0.4, 0.5) is 5.69 Å². The molecule has 2 aromatic heterocycles. The Morgan fingerprint density at radius 1 is 1.27 bits per heavy atom. The zero-order valence-corrected chi connectivity index (χ0v) is 8.51. The van der Waals surface area contributed by atoms with Gasteiger partial charge in [-0.2, -0.15) is 0 Å². The van der Waals surface area contributed by atoms with Crippen molar-refractivity contribution in [2.45, 2.75) is 13.5 Å². The first kappa shape index (κ1) is 9.58. The zero-order valence-electron chi connectivity index (χ0n) is 8.51. The van der Waals surface area contributed by atoms with Crippen molar-refractivity contribution in [3.63, 3.8) is 0 Å². The number of nitrogens with zero attached hydrogens (tertiary/aromatic N) is 3. The third kappa shape index (κ3) is 2.74. The Morgan fingerprint density at radius 3 is 2.93 bits per heavy atom. The van der Waals surface area contributed by atoms with E-state index >= 15 is 0 Å². The fourth-order valence-electron chi connectivity index (χ4n) is 1.27. The number of aryl methyl sites for hydroxylation is 1. The lowest BCUT2D eigenvalue weighted by atomic mass is 10.3. The smallest absolute Gasteiger partial charge is 0.115 e. The normalized spacial score (nSPS) is 9.93. The standard InChI is InChI=1S/C11H12N4/c1-9-4-11(6-13-5-9)14-7-10-2-3-12-8-15-10/h2-6,8,14H,7H2,1H3. The summed E-state index contributed by atoms with van der Waals surface area (Å²) in [5.74, 6) is 0. The average molecular weight is 200 g/mol. The van der Waals surface area contributed by atoms with Gasteiger partial charge in [-0.25, -0.2) is 9.97 Å². The Labute approximate surface area is 88.4 Å². The highest BCUT2D eigenvalue weighted by molar-refractivity contribution is 5.42. The van der Waals surface area contributed by atoms with Gasteiger partial charge in [0.05, 0.1) is 17.9 Å². The minimum atomic E-state index is 0.688. The SMILES string of the molecule is Cc1cncc(NCc2ccncn2)c1. The summed E-state index contributed by atoms with van der Waals surface area (Å²) in [5, 5.41) is 3.25. The van der Waals surface area contributed by atoms with Crippen LogP contribution < -0.4 is 5.32 Å². The van der Waals surface area contributed by atoms with Gasteiger partial charge in [0.2, 0.25) is 0 Å². The highest BCUT2D eigenvalue weighted by Gasteiger charge is 1.95. The van der Waals surface area contributed by atoms with Gasteiger partial charge in [-0.3, -0.25) is 4.98 Å². The third-order valence-corrected chi connectivity index (χ3v) is 1.99. The van der Waals surface area contributed by atoms with Crippen LogP contribution in [-0.2, 0) is 6.54 Å². The van der Waals surface area contributed by atoms with Crippen LogP contribution in [0.1, 0.15) is 11.3 Å². The number of pyridine rings is 1. The summed E-state index contributed by atoms with van der Waals surface area (Å²) in [6.45, 7) is 2.70.